The molecule has 0 saturated carbocycles. The van der Waals surface area contributed by atoms with Gasteiger partial charge in [-0.05, 0) is 6.92 Å². The Bertz CT molecular complexity index is 332. The fraction of sp³-hybridized carbons (Fsp3) is 0.571. The van der Waals surface area contributed by atoms with E-state index in [1.807, 2.05) is 0 Å². The van der Waals surface area contributed by atoms with Crippen LogP contribution >= 0.6 is 11.3 Å². The Morgan fingerprint density at radius 3 is 2.77 bits per heavy atom. The van der Waals surface area contributed by atoms with Crippen molar-refractivity contribution in [2.45, 2.75) is 13.0 Å². The lowest BCUT2D eigenvalue weighted by atomic mass is 10.2. The van der Waals surface area contributed by atoms with E-state index < -0.39 is 0 Å². The number of aliphatic hydroxyl groups is 1. The van der Waals surface area contributed by atoms with Gasteiger partial charge in [0.05, 0.1) is 6.10 Å². The first-order valence-electron chi connectivity index (χ1n) is 3.94. The zero-order valence-electron chi connectivity index (χ0n) is 7.10. The van der Waals surface area contributed by atoms with Crippen molar-refractivity contribution in [1.82, 2.24) is 15.1 Å². The van der Waals surface area contributed by atoms with Crippen LogP contribution in [0.25, 0.3) is 0 Å². The zero-order valence-corrected chi connectivity index (χ0v) is 7.91. The van der Waals surface area contributed by atoms with Gasteiger partial charge >= 0.3 is 0 Å². The van der Waals surface area contributed by atoms with Gasteiger partial charge in [-0.2, -0.15) is 0 Å². The first kappa shape index (κ1) is 8.58. The second-order valence-corrected chi connectivity index (χ2v) is 4.17. The minimum atomic E-state index is -0.363. The largest absolute Gasteiger partial charge is 0.389 e. The Hall–Kier alpha value is -1.01. The maximum atomic E-state index is 11.5. The maximum Gasteiger partial charge on any atom is 0.285 e. The molecular weight excluding hydrogens is 190 g/mol. The number of nitrogens with zero attached hydrogens (tertiary/aromatic N) is 3. The molecule has 2 heterocycles. The van der Waals surface area contributed by atoms with E-state index in [-0.39, 0.29) is 12.0 Å². The van der Waals surface area contributed by atoms with Crippen molar-refractivity contribution < 1.29 is 9.90 Å². The molecule has 1 N–H and O–H groups in total. The van der Waals surface area contributed by atoms with E-state index in [2.05, 4.69) is 10.2 Å². The van der Waals surface area contributed by atoms with Crippen molar-refractivity contribution in [1.29, 1.82) is 0 Å². The quantitative estimate of drug-likeness (QED) is 0.672. The van der Waals surface area contributed by atoms with Crippen LogP contribution in [0.1, 0.15) is 14.8 Å². The van der Waals surface area contributed by atoms with E-state index in [0.717, 1.165) is 5.01 Å². The summed E-state index contributed by atoms with van der Waals surface area (Å²) in [5.74, 6) is -0.129. The summed E-state index contributed by atoms with van der Waals surface area (Å²) in [5.41, 5.74) is 0. The van der Waals surface area contributed by atoms with Crippen LogP contribution in [-0.2, 0) is 0 Å². The number of amides is 1. The molecule has 1 saturated heterocycles. The fourth-order valence-corrected chi connectivity index (χ4v) is 1.80. The third kappa shape index (κ3) is 1.54. The number of rotatable bonds is 1. The van der Waals surface area contributed by atoms with Gasteiger partial charge in [0.1, 0.15) is 5.01 Å². The molecule has 1 aromatic heterocycles. The highest BCUT2D eigenvalue weighted by molar-refractivity contribution is 7.13. The molecule has 0 aliphatic carbocycles. The molecule has 1 aliphatic heterocycles. The lowest BCUT2D eigenvalue weighted by molar-refractivity contribution is 0.00582. The summed E-state index contributed by atoms with van der Waals surface area (Å²) in [6.45, 7) is 2.63. The van der Waals surface area contributed by atoms with Crippen molar-refractivity contribution in [3.63, 3.8) is 0 Å². The molecule has 0 atom stereocenters. The van der Waals surface area contributed by atoms with Crippen molar-refractivity contribution in [3.05, 3.63) is 10.0 Å². The molecular formula is C7H9N3O2S. The number of carbonyl (C=O) groups is 1. The highest BCUT2D eigenvalue weighted by Crippen LogP contribution is 2.15. The topological polar surface area (TPSA) is 66.3 Å². The molecule has 70 valence electrons. The number of carbonyl (C=O) groups excluding carboxylic acids is 1. The minimum Gasteiger partial charge on any atom is -0.389 e. The van der Waals surface area contributed by atoms with Crippen LogP contribution in [0.15, 0.2) is 0 Å². The Morgan fingerprint density at radius 1 is 1.62 bits per heavy atom. The van der Waals surface area contributed by atoms with Crippen LogP contribution in [0.2, 0.25) is 0 Å². The van der Waals surface area contributed by atoms with Gasteiger partial charge < -0.3 is 10.0 Å². The number of aliphatic hydroxyl groups excluding tert-OH is 1. The van der Waals surface area contributed by atoms with Crippen molar-refractivity contribution in [2.24, 2.45) is 0 Å². The molecule has 0 unspecified atom stereocenters. The monoisotopic (exact) mass is 199 g/mol. The molecule has 0 radical (unpaired) electrons. The molecule has 0 bridgehead atoms. The number of hydrogen-bond acceptors (Lipinski definition) is 5. The lowest BCUT2D eigenvalue weighted by Crippen LogP contribution is -2.53. The van der Waals surface area contributed by atoms with Gasteiger partial charge in [0.25, 0.3) is 5.91 Å². The molecule has 2 rings (SSSR count). The van der Waals surface area contributed by atoms with Gasteiger partial charge in [-0.3, -0.25) is 4.79 Å². The Balaban J connectivity index is 2.06. The highest BCUT2D eigenvalue weighted by atomic mass is 32.1. The molecule has 1 aromatic rings. The summed E-state index contributed by atoms with van der Waals surface area (Å²) in [7, 11) is 0. The maximum absolute atomic E-state index is 11.5. The summed E-state index contributed by atoms with van der Waals surface area (Å²) >= 11 is 1.28. The van der Waals surface area contributed by atoms with E-state index in [0.29, 0.717) is 18.1 Å². The lowest BCUT2D eigenvalue weighted by Gasteiger charge is -2.34. The second kappa shape index (κ2) is 3.04. The van der Waals surface area contributed by atoms with Gasteiger partial charge in [-0.15, -0.1) is 10.2 Å². The van der Waals surface area contributed by atoms with Crippen molar-refractivity contribution in [2.75, 3.05) is 13.1 Å². The molecule has 1 fully saturated rings. The summed E-state index contributed by atoms with van der Waals surface area (Å²) < 4.78 is 0. The summed E-state index contributed by atoms with van der Waals surface area (Å²) in [4.78, 5) is 13.1. The average Bonchev–Trinajstić information content (AvgIpc) is 2.45. The van der Waals surface area contributed by atoms with Crippen LogP contribution in [-0.4, -0.2) is 45.3 Å². The van der Waals surface area contributed by atoms with Crippen molar-refractivity contribution >= 4 is 17.2 Å². The minimum absolute atomic E-state index is 0.129. The van der Waals surface area contributed by atoms with Gasteiger partial charge in [0, 0.05) is 13.1 Å². The average molecular weight is 199 g/mol. The Kier molecular flexibility index (Phi) is 2.01. The number of likely N-dealkylation sites (tertiary alicyclic amines) is 1. The summed E-state index contributed by atoms with van der Waals surface area (Å²) in [6.07, 6.45) is -0.363. The van der Waals surface area contributed by atoms with E-state index >= 15 is 0 Å². The van der Waals surface area contributed by atoms with Crippen molar-refractivity contribution in [3.8, 4) is 0 Å². The number of hydrogen-bond donors (Lipinski definition) is 1. The third-order valence-electron chi connectivity index (χ3n) is 1.86. The first-order valence-corrected chi connectivity index (χ1v) is 4.76. The standard InChI is InChI=1S/C7H9N3O2S/c1-4-8-9-6(13-4)7(12)10-2-5(11)3-10/h5,11H,2-3H2,1H3. The molecule has 1 aliphatic rings. The predicted octanol–water partition coefficient (Wildman–Crippen LogP) is -0.337. The van der Waals surface area contributed by atoms with Crippen LogP contribution in [0.5, 0.6) is 0 Å². The number of aryl methyl sites for hydroxylation is 1. The van der Waals surface area contributed by atoms with Crippen LogP contribution in [0.4, 0.5) is 0 Å². The number of aromatic nitrogens is 2. The van der Waals surface area contributed by atoms with Crippen LogP contribution in [0, 0.1) is 6.92 Å². The fourth-order valence-electron chi connectivity index (χ4n) is 1.14. The van der Waals surface area contributed by atoms with E-state index in [9.17, 15) is 4.79 Å². The highest BCUT2D eigenvalue weighted by Gasteiger charge is 2.31. The van der Waals surface area contributed by atoms with Gasteiger partial charge in [-0.1, -0.05) is 11.3 Å². The normalized spacial score (nSPS) is 17.2. The molecule has 1 amide bonds. The Labute approximate surface area is 79.0 Å². The smallest absolute Gasteiger partial charge is 0.285 e. The molecule has 0 spiro atoms. The van der Waals surface area contributed by atoms with Crippen LogP contribution < -0.4 is 0 Å². The van der Waals surface area contributed by atoms with Crippen LogP contribution in [0.3, 0.4) is 0 Å². The predicted molar refractivity (Wildman–Crippen MR) is 46.6 cm³/mol. The Morgan fingerprint density at radius 2 is 2.31 bits per heavy atom. The van der Waals surface area contributed by atoms with E-state index in [1.54, 1.807) is 11.8 Å². The third-order valence-corrected chi connectivity index (χ3v) is 2.69. The number of β-amino-alcohol motifs (C(OH)–C–C–N with tert-alkyl or cyclic N) is 1. The van der Waals surface area contributed by atoms with Gasteiger partial charge in [0.2, 0.25) is 5.01 Å². The van der Waals surface area contributed by atoms with E-state index in [4.69, 9.17) is 5.11 Å². The molecule has 0 aromatic carbocycles. The first-order chi connectivity index (χ1) is 6.16. The summed E-state index contributed by atoms with van der Waals surface area (Å²) in [5, 5.41) is 17.7. The second-order valence-electron chi connectivity index (χ2n) is 2.99. The zero-order chi connectivity index (χ0) is 9.42. The van der Waals surface area contributed by atoms with Gasteiger partial charge in [0.15, 0.2) is 0 Å². The molecule has 6 heteroatoms. The van der Waals surface area contributed by atoms with E-state index in [1.165, 1.54) is 11.3 Å². The SMILES string of the molecule is Cc1nnc(C(=O)N2CC(O)C2)s1. The molecule has 13 heavy (non-hydrogen) atoms. The van der Waals surface area contributed by atoms with Gasteiger partial charge in [-0.25, -0.2) is 0 Å². The molecule has 5 nitrogen and oxygen atoms in total. The summed E-state index contributed by atoms with van der Waals surface area (Å²) in [6, 6.07) is 0.